The fourth-order valence-electron chi connectivity index (χ4n) is 3.09. The van der Waals surface area contributed by atoms with E-state index in [1.807, 2.05) is 55.4 Å². The normalized spacial score (nSPS) is 14.8. The summed E-state index contributed by atoms with van der Waals surface area (Å²) in [4.78, 5) is 34.7. The summed E-state index contributed by atoms with van der Waals surface area (Å²) in [5.41, 5.74) is 5.39. The van der Waals surface area contributed by atoms with Gasteiger partial charge in [0.2, 0.25) is 0 Å². The van der Waals surface area contributed by atoms with Gasteiger partial charge in [0.25, 0.3) is 11.5 Å². The molecule has 2 aromatic rings. The molecular weight excluding hydrogens is 472 g/mol. The molecule has 0 radical (unpaired) electrons. The Morgan fingerprint density at radius 1 is 1.08 bits per heavy atom. The highest BCUT2D eigenvalue weighted by molar-refractivity contribution is 5.93. The fraction of sp³-hybridized carbons (Fsp3) is 0.538. The zero-order valence-electron chi connectivity index (χ0n) is 23.7. The Balaban J connectivity index is 0.00000114. The van der Waals surface area contributed by atoms with Crippen LogP contribution in [-0.4, -0.2) is 57.8 Å². The first-order valence-electron chi connectivity index (χ1n) is 12.8. The van der Waals surface area contributed by atoms with Crippen molar-refractivity contribution in [1.29, 1.82) is 0 Å². The topological polar surface area (TPSA) is 139 Å². The molecule has 4 rings (SSSR count). The Morgan fingerprint density at radius 3 is 2.22 bits per heavy atom. The number of rotatable bonds is 4. The van der Waals surface area contributed by atoms with E-state index in [-0.39, 0.29) is 29.3 Å². The number of carbonyl (C=O) groups excluding carboxylic acids is 1. The number of hydrogen-bond donors (Lipinski definition) is 4. The molecular formula is C26H44N8O3. The number of piperazine rings is 1. The maximum absolute atomic E-state index is 12.7. The molecule has 0 spiro atoms. The molecule has 1 fully saturated rings. The molecule has 2 aromatic heterocycles. The lowest BCUT2D eigenvalue weighted by atomic mass is 10.3. The number of fused-ring (bicyclic) bond motifs is 1. The Labute approximate surface area is 221 Å². The molecule has 206 valence electrons. The Morgan fingerprint density at radius 2 is 1.68 bits per heavy atom. The third-order valence-electron chi connectivity index (χ3n) is 4.78. The van der Waals surface area contributed by atoms with E-state index in [0.717, 1.165) is 26.2 Å². The standard InChI is InChI=1S/C16H20N8O3.C4H6.3C2H6/c1-23-14(26)11-13(21-15(20-11)24-7-5-18-6-8-24)22-16(23)27-9-3-2-4-19-10(9)12(17)25;1-3-4-2;3*1-2/h2-4,15,18,20-21H,5-8H2,1H3,(H2,17,25);1-2H3;3*1-2H3. The minimum absolute atomic E-state index is 0.0305. The second-order valence-electron chi connectivity index (χ2n) is 6.78. The van der Waals surface area contributed by atoms with Crippen LogP contribution in [0.2, 0.25) is 0 Å². The molecule has 37 heavy (non-hydrogen) atoms. The van der Waals surface area contributed by atoms with Crippen LogP contribution < -0.4 is 32.0 Å². The fourth-order valence-corrected chi connectivity index (χ4v) is 3.09. The molecule has 0 bridgehead atoms. The van der Waals surface area contributed by atoms with Gasteiger partial charge in [0.1, 0.15) is 5.69 Å². The van der Waals surface area contributed by atoms with Crippen molar-refractivity contribution in [3.8, 4) is 23.6 Å². The predicted octanol–water partition coefficient (Wildman–Crippen LogP) is 3.20. The van der Waals surface area contributed by atoms with E-state index in [1.54, 1.807) is 19.2 Å². The molecule has 1 saturated heterocycles. The van der Waals surface area contributed by atoms with E-state index in [0.29, 0.717) is 11.5 Å². The molecule has 1 amide bonds. The van der Waals surface area contributed by atoms with Crippen LogP contribution in [0.1, 0.15) is 65.9 Å². The Hall–Kier alpha value is -3.62. The highest BCUT2D eigenvalue weighted by Crippen LogP contribution is 2.29. The summed E-state index contributed by atoms with van der Waals surface area (Å²) in [7, 11) is 1.55. The number of anilines is 2. The zero-order valence-corrected chi connectivity index (χ0v) is 23.7. The molecule has 1 atom stereocenters. The lowest BCUT2D eigenvalue weighted by Crippen LogP contribution is -2.52. The van der Waals surface area contributed by atoms with Gasteiger partial charge in [-0.05, 0) is 26.0 Å². The van der Waals surface area contributed by atoms with Crippen LogP contribution in [0.15, 0.2) is 23.1 Å². The summed E-state index contributed by atoms with van der Waals surface area (Å²) in [6, 6.07) is 3.18. The van der Waals surface area contributed by atoms with Crippen molar-refractivity contribution in [2.75, 3.05) is 36.8 Å². The van der Waals surface area contributed by atoms with Crippen LogP contribution in [0.5, 0.6) is 11.8 Å². The number of pyridine rings is 1. The molecule has 0 saturated carbocycles. The van der Waals surface area contributed by atoms with Crippen molar-refractivity contribution < 1.29 is 9.53 Å². The zero-order chi connectivity index (χ0) is 28.4. The van der Waals surface area contributed by atoms with Crippen molar-refractivity contribution in [1.82, 2.24) is 24.8 Å². The minimum atomic E-state index is -0.727. The van der Waals surface area contributed by atoms with Gasteiger partial charge < -0.3 is 26.4 Å². The number of nitrogens with zero attached hydrogens (tertiary/aromatic N) is 4. The Kier molecular flexibility index (Phi) is 16.8. The first-order valence-corrected chi connectivity index (χ1v) is 12.8. The summed E-state index contributed by atoms with van der Waals surface area (Å²) in [6.45, 7) is 19.1. The molecule has 0 aliphatic carbocycles. The number of nitrogens with two attached hydrogens (primary N) is 1. The van der Waals surface area contributed by atoms with Crippen LogP contribution >= 0.6 is 0 Å². The number of hydrogen-bond acceptors (Lipinski definition) is 9. The van der Waals surface area contributed by atoms with Crippen molar-refractivity contribution in [2.24, 2.45) is 12.8 Å². The van der Waals surface area contributed by atoms with Crippen LogP contribution in [0.4, 0.5) is 11.5 Å². The number of amides is 1. The molecule has 2 aliphatic rings. The van der Waals surface area contributed by atoms with Crippen LogP contribution in [0.25, 0.3) is 0 Å². The molecule has 11 nitrogen and oxygen atoms in total. The van der Waals surface area contributed by atoms with Crippen molar-refractivity contribution in [3.05, 3.63) is 34.4 Å². The van der Waals surface area contributed by atoms with Gasteiger partial charge in [0, 0.05) is 39.4 Å². The molecule has 2 aliphatic heterocycles. The largest absolute Gasteiger partial charge is 0.423 e. The first-order chi connectivity index (χ1) is 18.0. The van der Waals surface area contributed by atoms with E-state index in [9.17, 15) is 9.59 Å². The van der Waals surface area contributed by atoms with Gasteiger partial charge in [-0.3, -0.25) is 19.1 Å². The van der Waals surface area contributed by atoms with E-state index in [4.69, 9.17) is 10.5 Å². The second kappa shape index (κ2) is 18.6. The number of ether oxygens (including phenoxy) is 1. The average molecular weight is 517 g/mol. The lowest BCUT2D eigenvalue weighted by Gasteiger charge is -2.32. The van der Waals surface area contributed by atoms with Gasteiger partial charge in [-0.1, -0.05) is 41.5 Å². The molecule has 0 aromatic carbocycles. The Bertz CT molecular complexity index is 1060. The minimum Gasteiger partial charge on any atom is -0.423 e. The SMILES string of the molecule is CC.CC.CC.CC#CC.Cn1c(Oc2cccnc2C(N)=O)nc2c(c1=O)NC(N1CCNCC1)N2. The monoisotopic (exact) mass is 516 g/mol. The second-order valence-corrected chi connectivity index (χ2v) is 6.78. The number of aromatic nitrogens is 3. The predicted molar refractivity (Wildman–Crippen MR) is 151 cm³/mol. The third kappa shape index (κ3) is 9.40. The van der Waals surface area contributed by atoms with Crippen molar-refractivity contribution in [2.45, 2.75) is 61.7 Å². The van der Waals surface area contributed by atoms with E-state index in [2.05, 4.69) is 42.7 Å². The molecule has 5 N–H and O–H groups in total. The summed E-state index contributed by atoms with van der Waals surface area (Å²) in [5, 5.41) is 9.68. The molecule has 4 heterocycles. The quantitative estimate of drug-likeness (QED) is 0.451. The van der Waals surface area contributed by atoms with Crippen LogP contribution in [0, 0.1) is 11.8 Å². The van der Waals surface area contributed by atoms with Gasteiger partial charge in [0.05, 0.1) is 0 Å². The van der Waals surface area contributed by atoms with Crippen LogP contribution in [-0.2, 0) is 7.05 Å². The molecule has 11 heteroatoms. The highest BCUT2D eigenvalue weighted by Gasteiger charge is 2.31. The summed E-state index contributed by atoms with van der Waals surface area (Å²) >= 11 is 0. The van der Waals surface area contributed by atoms with Gasteiger partial charge >= 0.3 is 6.01 Å². The van der Waals surface area contributed by atoms with E-state index >= 15 is 0 Å². The summed E-state index contributed by atoms with van der Waals surface area (Å²) in [6.07, 6.45) is 1.23. The van der Waals surface area contributed by atoms with E-state index in [1.165, 1.54) is 10.8 Å². The average Bonchev–Trinajstić information content (AvgIpc) is 3.40. The van der Waals surface area contributed by atoms with Crippen molar-refractivity contribution >= 4 is 17.4 Å². The van der Waals surface area contributed by atoms with Crippen molar-refractivity contribution in [3.63, 3.8) is 0 Å². The number of primary amides is 1. The van der Waals surface area contributed by atoms with Crippen LogP contribution in [0.3, 0.4) is 0 Å². The van der Waals surface area contributed by atoms with E-state index < -0.39 is 5.91 Å². The number of carbonyl (C=O) groups is 1. The van der Waals surface area contributed by atoms with Gasteiger partial charge in [0.15, 0.2) is 23.6 Å². The molecule has 1 unspecified atom stereocenters. The van der Waals surface area contributed by atoms with Gasteiger partial charge in [-0.15, -0.1) is 11.8 Å². The smallest absolute Gasteiger partial charge is 0.306 e. The maximum Gasteiger partial charge on any atom is 0.306 e. The van der Waals surface area contributed by atoms with Gasteiger partial charge in [-0.25, -0.2) is 4.98 Å². The summed E-state index contributed by atoms with van der Waals surface area (Å²) < 4.78 is 6.95. The summed E-state index contributed by atoms with van der Waals surface area (Å²) in [5.74, 6) is 5.17. The lowest BCUT2D eigenvalue weighted by molar-refractivity contribution is 0.0993. The maximum atomic E-state index is 12.7. The first kappa shape index (κ1) is 33.4. The number of nitrogens with one attached hydrogen (secondary N) is 3. The highest BCUT2D eigenvalue weighted by atomic mass is 16.5. The third-order valence-corrected chi connectivity index (χ3v) is 4.78. The van der Waals surface area contributed by atoms with Gasteiger partial charge in [-0.2, -0.15) is 4.98 Å².